The summed E-state index contributed by atoms with van der Waals surface area (Å²) < 4.78 is 4.21. The van der Waals surface area contributed by atoms with Crippen molar-refractivity contribution in [2.75, 3.05) is 0 Å². The summed E-state index contributed by atoms with van der Waals surface area (Å²) in [7, 11) is 0. The van der Waals surface area contributed by atoms with E-state index in [1.165, 1.54) is 11.5 Å². The number of aryl methyl sites for hydroxylation is 1. The first-order valence-electron chi connectivity index (χ1n) is 5.50. The summed E-state index contributed by atoms with van der Waals surface area (Å²) in [5, 5.41) is 10.7. The van der Waals surface area contributed by atoms with E-state index in [1.54, 1.807) is 5.38 Å². The molecule has 0 spiro atoms. The maximum Gasteiger partial charge on any atom is 0.338 e. The van der Waals surface area contributed by atoms with Gasteiger partial charge in [-0.05, 0) is 23.5 Å². The number of aromatic carboxylic acids is 1. The minimum Gasteiger partial charge on any atom is -0.478 e. The van der Waals surface area contributed by atoms with Crippen molar-refractivity contribution in [1.29, 1.82) is 0 Å². The number of hydrogen-bond acceptors (Lipinski definition) is 3. The molecule has 0 radical (unpaired) electrons. The Kier molecular flexibility index (Phi) is 3.54. The zero-order chi connectivity index (χ0) is 12.3. The Balaban J connectivity index is 2.52. The van der Waals surface area contributed by atoms with Crippen LogP contribution in [0.5, 0.6) is 0 Å². The van der Waals surface area contributed by atoms with Crippen molar-refractivity contribution >= 4 is 17.5 Å². The van der Waals surface area contributed by atoms with Crippen LogP contribution in [-0.2, 0) is 6.42 Å². The number of carboxylic acid groups (broad SMARTS) is 1. The molecule has 0 saturated carbocycles. The number of carbonyl (C=O) groups is 1. The second kappa shape index (κ2) is 5.10. The molecule has 0 aliphatic rings. The van der Waals surface area contributed by atoms with Crippen LogP contribution in [0.4, 0.5) is 0 Å². The van der Waals surface area contributed by atoms with Crippen molar-refractivity contribution in [3.8, 4) is 11.3 Å². The third-order valence-electron chi connectivity index (χ3n) is 2.59. The summed E-state index contributed by atoms with van der Waals surface area (Å²) in [5.41, 5.74) is 2.97. The van der Waals surface area contributed by atoms with Gasteiger partial charge >= 0.3 is 5.97 Å². The molecule has 0 fully saturated rings. The number of hydrogen-bond donors (Lipinski definition) is 1. The normalized spacial score (nSPS) is 10.4. The second-order valence-corrected chi connectivity index (χ2v) is 4.42. The molecule has 1 heterocycles. The third-order valence-corrected chi connectivity index (χ3v) is 3.22. The first kappa shape index (κ1) is 11.8. The maximum atomic E-state index is 11.1. The van der Waals surface area contributed by atoms with Crippen LogP contribution in [0.15, 0.2) is 29.6 Å². The average molecular weight is 247 g/mol. The number of rotatable bonds is 4. The van der Waals surface area contributed by atoms with E-state index in [1.807, 2.05) is 24.3 Å². The predicted molar refractivity (Wildman–Crippen MR) is 68.5 cm³/mol. The zero-order valence-electron chi connectivity index (χ0n) is 9.51. The molecular formula is C13H13NO2S. The molecule has 0 unspecified atom stereocenters. The lowest BCUT2D eigenvalue weighted by atomic mass is 9.99. The van der Waals surface area contributed by atoms with E-state index >= 15 is 0 Å². The standard InChI is InChI=1S/C13H13NO2S/c1-2-5-9-6-3-4-7-10(9)12-11(13(15)16)8-17-14-12/h3-4,6-8H,2,5H2,1H3,(H,15,16). The zero-order valence-corrected chi connectivity index (χ0v) is 10.3. The smallest absolute Gasteiger partial charge is 0.338 e. The summed E-state index contributed by atoms with van der Waals surface area (Å²) >= 11 is 1.19. The molecule has 0 bridgehead atoms. The minimum atomic E-state index is -0.917. The van der Waals surface area contributed by atoms with E-state index in [2.05, 4.69) is 11.3 Å². The van der Waals surface area contributed by atoms with Crippen LogP contribution in [0.3, 0.4) is 0 Å². The molecule has 2 aromatic rings. The molecule has 17 heavy (non-hydrogen) atoms. The highest BCUT2D eigenvalue weighted by Gasteiger charge is 2.16. The molecule has 0 aliphatic carbocycles. The van der Waals surface area contributed by atoms with E-state index in [9.17, 15) is 4.79 Å². The van der Waals surface area contributed by atoms with Gasteiger partial charge in [0, 0.05) is 10.9 Å². The van der Waals surface area contributed by atoms with Crippen LogP contribution in [0, 0.1) is 0 Å². The maximum absolute atomic E-state index is 11.1. The van der Waals surface area contributed by atoms with Gasteiger partial charge in [0.05, 0.1) is 11.3 Å². The number of benzene rings is 1. The lowest BCUT2D eigenvalue weighted by molar-refractivity contribution is 0.0698. The van der Waals surface area contributed by atoms with Gasteiger partial charge in [0.25, 0.3) is 0 Å². The summed E-state index contributed by atoms with van der Waals surface area (Å²) in [6, 6.07) is 7.86. The van der Waals surface area contributed by atoms with Crippen molar-refractivity contribution in [1.82, 2.24) is 4.37 Å². The van der Waals surface area contributed by atoms with Gasteiger partial charge < -0.3 is 5.11 Å². The fraction of sp³-hybridized carbons (Fsp3) is 0.231. The Morgan fingerprint density at radius 3 is 2.88 bits per heavy atom. The number of carboxylic acids is 1. The van der Waals surface area contributed by atoms with Gasteiger partial charge in [-0.15, -0.1) is 0 Å². The Morgan fingerprint density at radius 1 is 1.41 bits per heavy atom. The minimum absolute atomic E-state index is 0.290. The molecule has 1 aromatic carbocycles. The van der Waals surface area contributed by atoms with E-state index in [0.29, 0.717) is 11.3 Å². The largest absolute Gasteiger partial charge is 0.478 e. The fourth-order valence-electron chi connectivity index (χ4n) is 1.82. The molecule has 0 aliphatic heterocycles. The highest BCUT2D eigenvalue weighted by molar-refractivity contribution is 7.04. The van der Waals surface area contributed by atoms with Crippen LogP contribution in [0.25, 0.3) is 11.3 Å². The van der Waals surface area contributed by atoms with Crippen molar-refractivity contribution in [3.05, 3.63) is 40.8 Å². The van der Waals surface area contributed by atoms with Crippen LogP contribution >= 0.6 is 11.5 Å². The van der Waals surface area contributed by atoms with Crippen LogP contribution in [0.1, 0.15) is 29.3 Å². The molecule has 3 nitrogen and oxygen atoms in total. The highest BCUT2D eigenvalue weighted by Crippen LogP contribution is 2.28. The van der Waals surface area contributed by atoms with Crippen LogP contribution in [0.2, 0.25) is 0 Å². The number of aromatic nitrogens is 1. The Bertz CT molecular complexity index is 534. The highest BCUT2D eigenvalue weighted by atomic mass is 32.1. The lowest BCUT2D eigenvalue weighted by Gasteiger charge is -2.06. The predicted octanol–water partition coefficient (Wildman–Crippen LogP) is 3.46. The second-order valence-electron chi connectivity index (χ2n) is 3.79. The third kappa shape index (κ3) is 2.36. The van der Waals surface area contributed by atoms with Crippen molar-refractivity contribution < 1.29 is 9.90 Å². The van der Waals surface area contributed by atoms with Gasteiger partial charge in [-0.1, -0.05) is 37.6 Å². The van der Waals surface area contributed by atoms with E-state index in [-0.39, 0.29) is 0 Å². The van der Waals surface area contributed by atoms with Crippen LogP contribution in [-0.4, -0.2) is 15.4 Å². The summed E-state index contributed by atoms with van der Waals surface area (Å²) in [4.78, 5) is 11.1. The molecule has 0 saturated heterocycles. The molecule has 0 atom stereocenters. The molecule has 4 heteroatoms. The quantitative estimate of drug-likeness (QED) is 0.900. The fourth-order valence-corrected chi connectivity index (χ4v) is 2.49. The van der Waals surface area contributed by atoms with Crippen molar-refractivity contribution in [3.63, 3.8) is 0 Å². The van der Waals surface area contributed by atoms with Gasteiger partial charge in [0.1, 0.15) is 0 Å². The molecule has 0 amide bonds. The topological polar surface area (TPSA) is 50.2 Å². The van der Waals surface area contributed by atoms with Gasteiger partial charge in [0.15, 0.2) is 0 Å². The van der Waals surface area contributed by atoms with Gasteiger partial charge in [-0.25, -0.2) is 4.79 Å². The molecule has 1 aromatic heterocycles. The van der Waals surface area contributed by atoms with Crippen molar-refractivity contribution in [2.45, 2.75) is 19.8 Å². The molecule has 1 N–H and O–H groups in total. The lowest BCUT2D eigenvalue weighted by Crippen LogP contribution is -1.98. The summed E-state index contributed by atoms with van der Waals surface area (Å²) in [6.07, 6.45) is 1.97. The first-order valence-corrected chi connectivity index (χ1v) is 6.33. The van der Waals surface area contributed by atoms with Crippen molar-refractivity contribution in [2.24, 2.45) is 0 Å². The monoisotopic (exact) mass is 247 g/mol. The Labute approximate surface area is 104 Å². The average Bonchev–Trinajstić information content (AvgIpc) is 2.79. The molecule has 88 valence electrons. The number of nitrogens with zero attached hydrogens (tertiary/aromatic N) is 1. The molecule has 2 rings (SSSR count). The summed E-state index contributed by atoms with van der Waals surface area (Å²) in [5.74, 6) is -0.917. The Hall–Kier alpha value is -1.68. The van der Waals surface area contributed by atoms with Gasteiger partial charge in [-0.3, -0.25) is 0 Å². The van der Waals surface area contributed by atoms with E-state index < -0.39 is 5.97 Å². The molecular weight excluding hydrogens is 234 g/mol. The Morgan fingerprint density at radius 2 is 2.18 bits per heavy atom. The van der Waals surface area contributed by atoms with E-state index in [4.69, 9.17) is 5.11 Å². The SMILES string of the molecule is CCCc1ccccc1-c1nscc1C(=O)O. The van der Waals surface area contributed by atoms with Crippen LogP contribution < -0.4 is 0 Å². The first-order chi connectivity index (χ1) is 8.24. The van der Waals surface area contributed by atoms with Gasteiger partial charge in [0.2, 0.25) is 0 Å². The van der Waals surface area contributed by atoms with E-state index in [0.717, 1.165) is 24.0 Å². The summed E-state index contributed by atoms with van der Waals surface area (Å²) in [6.45, 7) is 2.11. The van der Waals surface area contributed by atoms with Gasteiger partial charge in [-0.2, -0.15) is 4.37 Å².